The molecule has 5 saturated heterocycles. The lowest BCUT2D eigenvalue weighted by atomic mass is 9.83. The smallest absolute Gasteiger partial charge is 0.322 e. The summed E-state index contributed by atoms with van der Waals surface area (Å²) in [6.45, 7) is 10.4. The monoisotopic (exact) mass is 696 g/mol. The van der Waals surface area contributed by atoms with E-state index in [1.54, 1.807) is 16.2 Å². The number of carbonyl (C=O) groups is 3. The van der Waals surface area contributed by atoms with Crippen molar-refractivity contribution in [2.75, 3.05) is 76.5 Å². The number of likely N-dealkylation sites (tertiary alicyclic amines) is 1. The van der Waals surface area contributed by atoms with Crippen molar-refractivity contribution < 1.29 is 14.4 Å². The van der Waals surface area contributed by atoms with Gasteiger partial charge in [0.15, 0.2) is 0 Å². The number of halogens is 1. The Labute approximate surface area is 292 Å². The molecule has 11 nitrogen and oxygen atoms in total. The van der Waals surface area contributed by atoms with Crippen molar-refractivity contribution in [2.24, 2.45) is 5.92 Å². The molecule has 0 saturated carbocycles. The maximum Gasteiger partial charge on any atom is 0.322 e. The van der Waals surface area contributed by atoms with E-state index in [2.05, 4.69) is 25.8 Å². The molecule has 6 aliphatic rings. The number of hydrogen-bond acceptors (Lipinski definition) is 7. The minimum atomic E-state index is -0.724. The number of amides is 5. The molecule has 1 unspecified atom stereocenters. The molecule has 6 aliphatic heterocycles. The van der Waals surface area contributed by atoms with Crippen molar-refractivity contribution >= 4 is 52.3 Å². The first-order chi connectivity index (χ1) is 23.3. The van der Waals surface area contributed by atoms with Crippen LogP contribution in [-0.2, 0) is 24.1 Å². The van der Waals surface area contributed by atoms with Gasteiger partial charge in [0.05, 0.1) is 16.4 Å². The number of piperazine rings is 1. The van der Waals surface area contributed by atoms with Gasteiger partial charge in [-0.3, -0.25) is 9.69 Å². The van der Waals surface area contributed by atoms with Crippen LogP contribution in [0.3, 0.4) is 0 Å². The molecule has 7 heterocycles. The summed E-state index contributed by atoms with van der Waals surface area (Å²) in [6, 6.07) is 3.45. The van der Waals surface area contributed by atoms with Gasteiger partial charge in [-0.25, -0.2) is 9.59 Å². The molecule has 0 radical (unpaired) electrons. The number of piperidine rings is 4. The minimum absolute atomic E-state index is 0.0497. The highest BCUT2D eigenvalue weighted by molar-refractivity contribution is 7.08. The number of thiophene rings is 1. The number of nitrogens with one attached hydrogen (secondary N) is 2. The SMILES string of the molecule is CCc1cc(C[C@@H](NC(=O)N2CCC(N3CCc4cscc4NC3=O)CC2)C(=O)N2CCN(C3CN4CCC3CC4)CC2)cc(Cl)c1N. The standard InChI is InChI=1S/C35H49ClN8O3S/c1-2-24-17-23(18-28(36)32(24)37)19-29(33(45)42-15-13-41(14-16-42)31-20-40-8-3-25(31)4-9-40)38-34(46)43-10-6-27(7-11-43)44-12-5-26-21-48-22-30(26)39-35(44)47/h17-18,21-22,25,27,29,31H,2-16,19-20,37H2,1H3,(H,38,46)(H,39,47)/t29-,31?/m1/s1. The third-order valence-electron chi connectivity index (χ3n) is 11.5. The Hall–Kier alpha value is -3.06. The van der Waals surface area contributed by atoms with E-state index >= 15 is 0 Å². The molecule has 48 heavy (non-hydrogen) atoms. The number of nitrogens with zero attached hydrogens (tertiary/aromatic N) is 5. The lowest BCUT2D eigenvalue weighted by Gasteiger charge is -2.51. The van der Waals surface area contributed by atoms with Gasteiger partial charge in [0.2, 0.25) is 5.91 Å². The van der Waals surface area contributed by atoms with Crippen LogP contribution in [0, 0.1) is 5.92 Å². The number of anilines is 2. The molecular weight excluding hydrogens is 648 g/mol. The molecule has 2 atom stereocenters. The van der Waals surface area contributed by atoms with Crippen LogP contribution in [0.5, 0.6) is 0 Å². The summed E-state index contributed by atoms with van der Waals surface area (Å²) < 4.78 is 0. The third-order valence-corrected chi connectivity index (χ3v) is 12.6. The van der Waals surface area contributed by atoms with Crippen molar-refractivity contribution in [1.82, 2.24) is 29.8 Å². The fourth-order valence-electron chi connectivity index (χ4n) is 8.55. The highest BCUT2D eigenvalue weighted by Gasteiger charge is 2.40. The second-order valence-corrected chi connectivity index (χ2v) is 15.3. The molecule has 260 valence electrons. The lowest BCUT2D eigenvalue weighted by Crippen LogP contribution is -2.63. The molecule has 4 N–H and O–H groups in total. The van der Waals surface area contributed by atoms with E-state index in [1.165, 1.54) is 31.5 Å². The van der Waals surface area contributed by atoms with E-state index in [0.717, 1.165) is 55.2 Å². The van der Waals surface area contributed by atoms with E-state index in [4.69, 9.17) is 17.3 Å². The highest BCUT2D eigenvalue weighted by Crippen LogP contribution is 2.32. The Morgan fingerprint density at radius 1 is 1.00 bits per heavy atom. The summed E-state index contributed by atoms with van der Waals surface area (Å²) in [6.07, 6.45) is 5.84. The van der Waals surface area contributed by atoms with Gasteiger partial charge in [0.1, 0.15) is 6.04 Å². The maximum atomic E-state index is 14.2. The molecule has 5 amide bonds. The Morgan fingerprint density at radius 3 is 2.44 bits per heavy atom. The highest BCUT2D eigenvalue weighted by atomic mass is 35.5. The minimum Gasteiger partial charge on any atom is -0.397 e. The molecule has 2 aromatic rings. The zero-order chi connectivity index (χ0) is 33.4. The van der Waals surface area contributed by atoms with Gasteiger partial charge < -0.3 is 36.0 Å². The van der Waals surface area contributed by atoms with Crippen LogP contribution in [0.15, 0.2) is 22.9 Å². The van der Waals surface area contributed by atoms with E-state index in [0.29, 0.717) is 68.7 Å². The second kappa shape index (κ2) is 14.4. The predicted molar refractivity (Wildman–Crippen MR) is 191 cm³/mol. The van der Waals surface area contributed by atoms with Crippen molar-refractivity contribution in [3.05, 3.63) is 44.6 Å². The van der Waals surface area contributed by atoms with Crippen molar-refractivity contribution in [3.8, 4) is 0 Å². The summed E-state index contributed by atoms with van der Waals surface area (Å²) in [7, 11) is 0. The maximum absolute atomic E-state index is 14.2. The largest absolute Gasteiger partial charge is 0.397 e. The Balaban J connectivity index is 0.996. The first-order valence-corrected chi connectivity index (χ1v) is 19.1. The van der Waals surface area contributed by atoms with Crippen LogP contribution in [0.2, 0.25) is 5.02 Å². The summed E-state index contributed by atoms with van der Waals surface area (Å²) in [5.41, 5.74) is 10.7. The van der Waals surface area contributed by atoms with E-state index < -0.39 is 6.04 Å². The predicted octanol–water partition coefficient (Wildman–Crippen LogP) is 3.96. The number of urea groups is 2. The Morgan fingerprint density at radius 2 is 1.75 bits per heavy atom. The van der Waals surface area contributed by atoms with Crippen LogP contribution in [0.25, 0.3) is 0 Å². The molecule has 13 heteroatoms. The topological polar surface area (TPSA) is 117 Å². The zero-order valence-electron chi connectivity index (χ0n) is 28.0. The molecule has 0 aliphatic carbocycles. The summed E-state index contributed by atoms with van der Waals surface area (Å²) >= 11 is 8.12. The number of fused-ring (bicyclic) bond motifs is 4. The Bertz CT molecular complexity index is 1500. The fraction of sp³-hybridized carbons (Fsp3) is 0.629. The number of nitrogens with two attached hydrogens (primary N) is 1. The van der Waals surface area contributed by atoms with E-state index in [-0.39, 0.29) is 24.0 Å². The average molecular weight is 697 g/mol. The Kier molecular flexibility index (Phi) is 10.0. The van der Waals surface area contributed by atoms with Crippen LogP contribution in [0.4, 0.5) is 21.0 Å². The second-order valence-electron chi connectivity index (χ2n) is 14.2. The first-order valence-electron chi connectivity index (χ1n) is 17.8. The van der Waals surface area contributed by atoms with Crippen LogP contribution < -0.4 is 16.4 Å². The molecule has 2 bridgehead atoms. The van der Waals surface area contributed by atoms with Gasteiger partial charge in [0, 0.05) is 76.2 Å². The number of hydrogen-bond donors (Lipinski definition) is 3. The van der Waals surface area contributed by atoms with Crippen molar-refractivity contribution in [2.45, 2.75) is 70.0 Å². The normalized spacial score (nSPS) is 25.8. The summed E-state index contributed by atoms with van der Waals surface area (Å²) in [4.78, 5) is 51.8. The van der Waals surface area contributed by atoms with Gasteiger partial charge in [-0.05, 0) is 85.7 Å². The third kappa shape index (κ3) is 6.99. The van der Waals surface area contributed by atoms with Gasteiger partial charge in [-0.1, -0.05) is 24.6 Å². The summed E-state index contributed by atoms with van der Waals surface area (Å²) in [5, 5.41) is 10.8. The van der Waals surface area contributed by atoms with Gasteiger partial charge in [-0.2, -0.15) is 0 Å². The number of aryl methyl sites for hydroxylation is 1. The van der Waals surface area contributed by atoms with Crippen LogP contribution in [-0.4, -0.2) is 126 Å². The molecule has 1 aromatic heterocycles. The molecule has 8 rings (SSSR count). The van der Waals surface area contributed by atoms with Crippen molar-refractivity contribution in [1.29, 1.82) is 0 Å². The van der Waals surface area contributed by atoms with Gasteiger partial charge in [-0.15, -0.1) is 11.3 Å². The quantitative estimate of drug-likeness (QED) is 0.378. The zero-order valence-corrected chi connectivity index (χ0v) is 29.5. The number of nitrogen functional groups attached to an aromatic ring is 1. The number of rotatable bonds is 7. The molecular formula is C35H49ClN8O3S. The average Bonchev–Trinajstić information content (AvgIpc) is 3.49. The molecule has 0 spiro atoms. The summed E-state index contributed by atoms with van der Waals surface area (Å²) in [5.74, 6) is 0.713. The molecule has 1 aromatic carbocycles. The van der Waals surface area contributed by atoms with Gasteiger partial charge >= 0.3 is 12.1 Å². The number of benzene rings is 1. The van der Waals surface area contributed by atoms with Crippen molar-refractivity contribution in [3.63, 3.8) is 0 Å². The molecule has 5 fully saturated rings. The lowest BCUT2D eigenvalue weighted by molar-refractivity contribution is -0.136. The van der Waals surface area contributed by atoms with Crippen LogP contribution in [0.1, 0.15) is 49.3 Å². The van der Waals surface area contributed by atoms with E-state index in [9.17, 15) is 14.4 Å². The van der Waals surface area contributed by atoms with E-state index in [1.807, 2.05) is 34.2 Å². The van der Waals surface area contributed by atoms with Gasteiger partial charge in [0.25, 0.3) is 0 Å². The first kappa shape index (κ1) is 33.4. The fourth-order valence-corrected chi connectivity index (χ4v) is 9.64. The van der Waals surface area contributed by atoms with Crippen LogP contribution >= 0.6 is 22.9 Å². The number of carbonyl (C=O) groups excluding carboxylic acids is 3.